The predicted molar refractivity (Wildman–Crippen MR) is 75.5 cm³/mol. The van der Waals surface area contributed by atoms with Crippen LogP contribution in [0.1, 0.15) is 20.3 Å². The lowest BCUT2D eigenvalue weighted by Crippen LogP contribution is -2.37. The van der Waals surface area contributed by atoms with Gasteiger partial charge in [0.1, 0.15) is 12.2 Å². The second kappa shape index (κ2) is 6.51. The summed E-state index contributed by atoms with van der Waals surface area (Å²) in [4.78, 5) is 23.0. The number of halogens is 1. The first kappa shape index (κ1) is 15.4. The van der Waals surface area contributed by atoms with Crippen molar-refractivity contribution in [2.24, 2.45) is 0 Å². The molecule has 1 aromatic carbocycles. The molecule has 0 spiro atoms. The Balaban J connectivity index is 3.30. The van der Waals surface area contributed by atoms with Crippen LogP contribution in [0.15, 0.2) is 22.7 Å². The molecule has 0 bridgehead atoms. The maximum atomic E-state index is 11.1. The topological polar surface area (TPSA) is 83.7 Å². The van der Waals surface area contributed by atoms with Gasteiger partial charge in [-0.3, -0.25) is 14.9 Å². The Bertz CT molecular complexity index is 493. The third-order valence-electron chi connectivity index (χ3n) is 2.87. The number of hydrogen-bond donors (Lipinski definition) is 1. The maximum absolute atomic E-state index is 11.1. The molecule has 0 amide bonds. The third-order valence-corrected chi connectivity index (χ3v) is 3.37. The van der Waals surface area contributed by atoms with E-state index in [9.17, 15) is 14.9 Å². The van der Waals surface area contributed by atoms with Crippen LogP contribution in [0, 0.1) is 10.1 Å². The Kier molecular flexibility index (Phi) is 5.29. The molecule has 0 radical (unpaired) electrons. The molecule has 1 rings (SSSR count). The largest absolute Gasteiger partial charge is 0.480 e. The van der Waals surface area contributed by atoms with Gasteiger partial charge in [0.15, 0.2) is 0 Å². The van der Waals surface area contributed by atoms with E-state index in [1.54, 1.807) is 12.1 Å². The van der Waals surface area contributed by atoms with E-state index in [4.69, 9.17) is 5.11 Å². The van der Waals surface area contributed by atoms with Crippen LogP contribution in [-0.2, 0) is 4.79 Å². The highest BCUT2D eigenvalue weighted by Gasteiger charge is 2.24. The number of benzene rings is 1. The summed E-state index contributed by atoms with van der Waals surface area (Å²) in [7, 11) is 0. The molecule has 0 fully saturated rings. The van der Waals surface area contributed by atoms with Crippen LogP contribution in [0.4, 0.5) is 11.4 Å². The molecular weight excluding hydrogens is 316 g/mol. The molecule has 1 N–H and O–H groups in total. The minimum absolute atomic E-state index is 0.0928. The van der Waals surface area contributed by atoms with E-state index in [1.165, 1.54) is 11.0 Å². The van der Waals surface area contributed by atoms with Crippen LogP contribution < -0.4 is 4.90 Å². The number of carbonyl (C=O) groups is 1. The number of carboxylic acids is 1. The van der Waals surface area contributed by atoms with Crippen LogP contribution in [0.2, 0.25) is 0 Å². The number of aliphatic carboxylic acids is 1. The number of nitro groups is 1. The Labute approximate surface area is 119 Å². The van der Waals surface area contributed by atoms with Crippen molar-refractivity contribution in [3.8, 4) is 0 Å². The Morgan fingerprint density at radius 1 is 1.58 bits per heavy atom. The van der Waals surface area contributed by atoms with E-state index in [-0.39, 0.29) is 18.3 Å². The number of nitro benzene ring substituents is 1. The van der Waals surface area contributed by atoms with Crippen LogP contribution in [-0.4, -0.2) is 28.6 Å². The molecule has 19 heavy (non-hydrogen) atoms. The van der Waals surface area contributed by atoms with Gasteiger partial charge in [0, 0.05) is 16.6 Å². The number of hydrogen-bond acceptors (Lipinski definition) is 4. The number of carboxylic acid groups (broad SMARTS) is 1. The molecule has 0 aromatic heterocycles. The summed E-state index contributed by atoms with van der Waals surface area (Å²) >= 11 is 3.25. The van der Waals surface area contributed by atoms with Gasteiger partial charge in [-0.25, -0.2) is 0 Å². The fraction of sp³-hybridized carbons (Fsp3) is 0.417. The van der Waals surface area contributed by atoms with E-state index in [0.29, 0.717) is 16.6 Å². The number of anilines is 1. The van der Waals surface area contributed by atoms with Crippen LogP contribution in [0.25, 0.3) is 0 Å². The Morgan fingerprint density at radius 3 is 2.68 bits per heavy atom. The van der Waals surface area contributed by atoms with Gasteiger partial charge in [-0.15, -0.1) is 0 Å². The first-order valence-electron chi connectivity index (χ1n) is 5.79. The SMILES string of the molecule is CCC(C)N(CC(=O)O)c1cc(Br)ccc1[N+](=O)[O-]. The van der Waals surface area contributed by atoms with Crippen molar-refractivity contribution >= 4 is 33.3 Å². The highest BCUT2D eigenvalue weighted by Crippen LogP contribution is 2.32. The van der Waals surface area contributed by atoms with Gasteiger partial charge in [0.05, 0.1) is 4.92 Å². The van der Waals surface area contributed by atoms with E-state index < -0.39 is 10.9 Å². The van der Waals surface area contributed by atoms with E-state index in [1.807, 2.05) is 13.8 Å². The fourth-order valence-electron chi connectivity index (χ4n) is 1.73. The van der Waals surface area contributed by atoms with Crippen molar-refractivity contribution in [2.75, 3.05) is 11.4 Å². The zero-order valence-corrected chi connectivity index (χ0v) is 12.3. The molecular formula is C12H15BrN2O4. The molecule has 1 atom stereocenters. The van der Waals surface area contributed by atoms with Gasteiger partial charge < -0.3 is 10.0 Å². The van der Waals surface area contributed by atoms with Gasteiger partial charge in [-0.1, -0.05) is 22.9 Å². The van der Waals surface area contributed by atoms with E-state index in [2.05, 4.69) is 15.9 Å². The van der Waals surface area contributed by atoms with Crippen molar-refractivity contribution in [1.82, 2.24) is 0 Å². The molecule has 0 aliphatic rings. The lowest BCUT2D eigenvalue weighted by atomic mass is 10.1. The zero-order chi connectivity index (χ0) is 14.6. The van der Waals surface area contributed by atoms with Crippen molar-refractivity contribution in [1.29, 1.82) is 0 Å². The quantitative estimate of drug-likeness (QED) is 0.640. The van der Waals surface area contributed by atoms with Crippen LogP contribution in [0.5, 0.6) is 0 Å². The van der Waals surface area contributed by atoms with E-state index >= 15 is 0 Å². The highest BCUT2D eigenvalue weighted by atomic mass is 79.9. The number of nitrogens with zero attached hydrogens (tertiary/aromatic N) is 2. The molecule has 0 saturated carbocycles. The van der Waals surface area contributed by atoms with Gasteiger partial charge in [0.2, 0.25) is 0 Å². The van der Waals surface area contributed by atoms with Gasteiger partial charge in [-0.2, -0.15) is 0 Å². The zero-order valence-electron chi connectivity index (χ0n) is 10.7. The second-order valence-electron chi connectivity index (χ2n) is 4.17. The normalized spacial score (nSPS) is 11.9. The van der Waals surface area contributed by atoms with Crippen molar-refractivity contribution in [2.45, 2.75) is 26.3 Å². The predicted octanol–water partition coefficient (Wildman–Crippen LogP) is 3.05. The average Bonchev–Trinajstić information content (AvgIpc) is 2.34. The van der Waals surface area contributed by atoms with Gasteiger partial charge in [0.25, 0.3) is 5.69 Å². The summed E-state index contributed by atoms with van der Waals surface area (Å²) in [5.74, 6) is -1.02. The minimum atomic E-state index is -1.02. The lowest BCUT2D eigenvalue weighted by molar-refractivity contribution is -0.384. The van der Waals surface area contributed by atoms with Gasteiger partial charge >= 0.3 is 5.97 Å². The van der Waals surface area contributed by atoms with Crippen molar-refractivity contribution < 1.29 is 14.8 Å². The Morgan fingerprint density at radius 2 is 2.21 bits per heavy atom. The summed E-state index contributed by atoms with van der Waals surface area (Å²) in [5.41, 5.74) is 0.223. The molecule has 0 aliphatic carbocycles. The van der Waals surface area contributed by atoms with Crippen molar-refractivity contribution in [3.05, 3.63) is 32.8 Å². The van der Waals surface area contributed by atoms with Crippen LogP contribution in [0.3, 0.4) is 0 Å². The monoisotopic (exact) mass is 330 g/mol. The Hall–Kier alpha value is -1.63. The molecule has 7 heteroatoms. The van der Waals surface area contributed by atoms with Crippen LogP contribution >= 0.6 is 15.9 Å². The smallest absolute Gasteiger partial charge is 0.323 e. The fourth-order valence-corrected chi connectivity index (χ4v) is 2.07. The maximum Gasteiger partial charge on any atom is 0.323 e. The third kappa shape index (κ3) is 3.92. The summed E-state index contributed by atoms with van der Waals surface area (Å²) in [6.07, 6.45) is 0.691. The number of rotatable bonds is 6. The first-order chi connectivity index (χ1) is 8.86. The van der Waals surface area contributed by atoms with Gasteiger partial charge in [-0.05, 0) is 25.5 Å². The standard InChI is InChI=1S/C12H15BrN2O4/c1-3-8(2)14(7-12(16)17)11-6-9(13)4-5-10(11)15(18)19/h4-6,8H,3,7H2,1-2H3,(H,16,17). The highest BCUT2D eigenvalue weighted by molar-refractivity contribution is 9.10. The lowest BCUT2D eigenvalue weighted by Gasteiger charge is -2.28. The molecule has 1 unspecified atom stereocenters. The summed E-state index contributed by atoms with van der Waals surface area (Å²) in [6.45, 7) is 3.48. The molecule has 1 aromatic rings. The van der Waals surface area contributed by atoms with Crippen molar-refractivity contribution in [3.63, 3.8) is 0 Å². The second-order valence-corrected chi connectivity index (χ2v) is 5.08. The molecule has 0 saturated heterocycles. The summed E-state index contributed by atoms with van der Waals surface area (Å²) < 4.78 is 0.673. The first-order valence-corrected chi connectivity index (χ1v) is 6.58. The molecule has 6 nitrogen and oxygen atoms in total. The molecule has 0 aliphatic heterocycles. The average molecular weight is 331 g/mol. The molecule has 104 valence electrons. The van der Waals surface area contributed by atoms with E-state index in [0.717, 1.165) is 0 Å². The summed E-state index contributed by atoms with van der Waals surface area (Å²) in [6, 6.07) is 4.41. The molecule has 0 heterocycles. The minimum Gasteiger partial charge on any atom is -0.480 e. The summed E-state index contributed by atoms with van der Waals surface area (Å²) in [5, 5.41) is 20.0.